The second-order valence-corrected chi connectivity index (χ2v) is 16.7. The fraction of sp³-hybridized carbons (Fsp3) is 0.415. The summed E-state index contributed by atoms with van der Waals surface area (Å²) in [6.45, 7) is 27.0. The molecule has 0 aliphatic heterocycles. The molecule has 4 aromatic carbocycles. The van der Waals surface area contributed by atoms with E-state index in [1.807, 2.05) is 6.07 Å². The molecule has 44 heavy (non-hydrogen) atoms. The third-order valence-corrected chi connectivity index (χ3v) is 8.75. The number of halogens is 2. The molecule has 0 spiro atoms. The first-order chi connectivity index (χ1) is 19.4. The Morgan fingerprint density at radius 2 is 1.34 bits per heavy atom. The molecule has 0 aromatic heterocycles. The van der Waals surface area contributed by atoms with Crippen LogP contribution in [0.2, 0.25) is 0 Å². The van der Waals surface area contributed by atoms with E-state index in [9.17, 15) is 0 Å². The van der Waals surface area contributed by atoms with Crippen LogP contribution in [0.25, 0.3) is 11.1 Å². The van der Waals surface area contributed by atoms with Crippen molar-refractivity contribution in [3.8, 4) is 11.1 Å². The van der Waals surface area contributed by atoms with Gasteiger partial charge in [-0.3, -0.25) is 0 Å². The van der Waals surface area contributed by atoms with Crippen LogP contribution in [0.5, 0.6) is 0 Å². The zero-order valence-corrected chi connectivity index (χ0v) is 33.1. The predicted molar refractivity (Wildman–Crippen MR) is 182 cm³/mol. The van der Waals surface area contributed by atoms with E-state index in [0.29, 0.717) is 5.41 Å². The van der Waals surface area contributed by atoms with Crippen molar-refractivity contribution in [3.63, 3.8) is 0 Å². The van der Waals surface area contributed by atoms with Crippen molar-refractivity contribution < 1.29 is 49.0 Å². The van der Waals surface area contributed by atoms with Crippen molar-refractivity contribution in [2.45, 2.75) is 112 Å². The molecule has 5 rings (SSSR count). The number of aryl methyl sites for hydroxylation is 2. The van der Waals surface area contributed by atoms with Crippen molar-refractivity contribution >= 4 is 3.21 Å². The smallest absolute Gasteiger partial charge is 1.00 e. The Balaban J connectivity index is 0.000000359. The Hall–Kier alpha value is -1.66. The summed E-state index contributed by atoms with van der Waals surface area (Å²) in [5.74, 6) is 0. The Morgan fingerprint density at radius 3 is 1.80 bits per heavy atom. The maximum Gasteiger partial charge on any atom is -1.00 e. The van der Waals surface area contributed by atoms with E-state index in [2.05, 4.69) is 156 Å². The average Bonchev–Trinajstić information content (AvgIpc) is 3.48. The minimum atomic E-state index is 0. The van der Waals surface area contributed by atoms with E-state index in [0.717, 1.165) is 12.8 Å². The first-order valence-electron chi connectivity index (χ1n) is 15.5. The summed E-state index contributed by atoms with van der Waals surface area (Å²) in [4.78, 5) is 0. The van der Waals surface area contributed by atoms with Crippen molar-refractivity contribution in [1.29, 1.82) is 0 Å². The molecular formula is C41H52Cl2Zr-2. The minimum Gasteiger partial charge on any atom is -1.00 e. The van der Waals surface area contributed by atoms with Crippen molar-refractivity contribution in [2.75, 3.05) is 0 Å². The summed E-state index contributed by atoms with van der Waals surface area (Å²) >= 11 is 1.51. The van der Waals surface area contributed by atoms with Gasteiger partial charge in [-0.05, 0) is 17.4 Å². The summed E-state index contributed by atoms with van der Waals surface area (Å²) in [7, 11) is 0. The summed E-state index contributed by atoms with van der Waals surface area (Å²) in [5.41, 5.74) is 14.9. The van der Waals surface area contributed by atoms with Gasteiger partial charge >= 0.3 is 70.3 Å². The van der Waals surface area contributed by atoms with Crippen LogP contribution in [-0.4, -0.2) is 3.21 Å². The Bertz CT molecular complexity index is 1440. The number of hydrogen-bond acceptors (Lipinski definition) is 0. The largest absolute Gasteiger partial charge is 1.00 e. The second-order valence-electron chi connectivity index (χ2n) is 14.9. The zero-order chi connectivity index (χ0) is 31.5. The van der Waals surface area contributed by atoms with Crippen LogP contribution in [0.3, 0.4) is 0 Å². The summed E-state index contributed by atoms with van der Waals surface area (Å²) in [6.07, 6.45) is 2.18. The molecule has 4 aromatic rings. The van der Waals surface area contributed by atoms with Crippen molar-refractivity contribution in [1.82, 2.24) is 0 Å². The minimum absolute atomic E-state index is 0. The predicted octanol–water partition coefficient (Wildman–Crippen LogP) is 5.01. The second kappa shape index (κ2) is 16.3. The van der Waals surface area contributed by atoms with Gasteiger partial charge in [0.25, 0.3) is 0 Å². The average molecular weight is 707 g/mol. The van der Waals surface area contributed by atoms with E-state index in [-0.39, 0.29) is 35.6 Å². The normalized spacial score (nSPS) is 11.9. The topological polar surface area (TPSA) is 0 Å². The maximum atomic E-state index is 3.53. The van der Waals surface area contributed by atoms with E-state index in [4.69, 9.17) is 0 Å². The number of rotatable bonds is 2. The Kier molecular flexibility index (Phi) is 14.9. The van der Waals surface area contributed by atoms with Gasteiger partial charge in [0.15, 0.2) is 0 Å². The molecule has 0 atom stereocenters. The van der Waals surface area contributed by atoms with Gasteiger partial charge in [0.2, 0.25) is 0 Å². The van der Waals surface area contributed by atoms with Crippen LogP contribution >= 0.6 is 0 Å². The molecule has 0 amide bonds. The van der Waals surface area contributed by atoms with E-state index < -0.39 is 0 Å². The van der Waals surface area contributed by atoms with E-state index >= 15 is 0 Å². The monoisotopic (exact) mass is 704 g/mol. The van der Waals surface area contributed by atoms with Crippen LogP contribution in [0.4, 0.5) is 0 Å². The van der Waals surface area contributed by atoms with Crippen LogP contribution in [-0.2, 0) is 53.3 Å². The molecule has 3 heteroatoms. The summed E-state index contributed by atoms with van der Waals surface area (Å²) in [6, 6.07) is 30.2. The fourth-order valence-electron chi connectivity index (χ4n) is 5.38. The summed E-state index contributed by atoms with van der Waals surface area (Å²) < 4.78 is 1.46. The Morgan fingerprint density at radius 1 is 0.773 bits per heavy atom. The number of benzene rings is 3. The van der Waals surface area contributed by atoms with Gasteiger partial charge in [0.05, 0.1) is 0 Å². The third kappa shape index (κ3) is 10.7. The molecular weight excluding hydrogens is 655 g/mol. The molecule has 0 unspecified atom stereocenters. The van der Waals surface area contributed by atoms with Crippen LogP contribution in [0, 0.1) is 13.0 Å². The molecule has 0 nitrogen and oxygen atoms in total. The van der Waals surface area contributed by atoms with Gasteiger partial charge in [-0.25, -0.2) is 6.07 Å². The third-order valence-electron chi connectivity index (χ3n) is 8.04. The van der Waals surface area contributed by atoms with Crippen LogP contribution in [0.15, 0.2) is 72.8 Å². The van der Waals surface area contributed by atoms with Crippen molar-refractivity contribution in [3.05, 3.63) is 123 Å². The first kappa shape index (κ1) is 40.4. The zero-order valence-electron chi connectivity index (χ0n) is 29.1. The molecule has 0 saturated heterocycles. The summed E-state index contributed by atoms with van der Waals surface area (Å²) in [5, 5.41) is 0. The Labute approximate surface area is 297 Å². The van der Waals surface area contributed by atoms with Crippen molar-refractivity contribution in [2.24, 2.45) is 0 Å². The maximum absolute atomic E-state index is 3.53. The molecule has 0 radical (unpaired) electrons. The van der Waals surface area contributed by atoms with Gasteiger partial charge < -0.3 is 24.8 Å². The molecule has 0 fully saturated rings. The van der Waals surface area contributed by atoms with Gasteiger partial charge in [0.1, 0.15) is 0 Å². The molecule has 236 valence electrons. The van der Waals surface area contributed by atoms with Gasteiger partial charge in [-0.15, -0.1) is 5.56 Å². The van der Waals surface area contributed by atoms with Crippen LogP contribution < -0.4 is 24.8 Å². The number of fused-ring (bicyclic) bond motifs is 3. The quantitative estimate of drug-likeness (QED) is 0.227. The van der Waals surface area contributed by atoms with Gasteiger partial charge in [-0.1, -0.05) is 123 Å². The number of hydrogen-bond donors (Lipinski definition) is 0. The fourth-order valence-corrected chi connectivity index (χ4v) is 5.79. The standard InChI is InChI=1S/C21H25.C12H19.C8H8.2ClH.Zr/c1-20(2,3)16-9-7-14-11-15-8-10-17(21(4,5)6)13-19(15)18(14)12-16;1-6-10-7-9(2)8-11(10)12(3,4)5;1-2-8-6-4-3-5-7-8;;;/h7,9-10,12-13H,11H2,1-6H3;7-8H,6H2,1-5H3;3-7H,1H3;2*1H;/q2*-1;;;;+2/p-2. The SMILES string of the molecule is CC(C)(C)c1c[c-]c2c(c1)-c1cc(C(C)(C)C)ccc1C2.CCc1[cH-]c(C)cc1C(C)(C)C.C[C](=[Zr+2])c1ccccc1.[Cl-].[Cl-]. The molecule has 0 N–H and O–H groups in total. The first-order valence-corrected chi connectivity index (χ1v) is 16.7. The van der Waals surface area contributed by atoms with Gasteiger partial charge in [-0.2, -0.15) is 52.1 Å². The molecule has 1 aliphatic rings. The molecule has 0 bridgehead atoms. The van der Waals surface area contributed by atoms with Gasteiger partial charge in [0, 0.05) is 0 Å². The van der Waals surface area contributed by atoms with Crippen LogP contribution in [0.1, 0.15) is 121 Å². The molecule has 0 saturated carbocycles. The molecule has 0 heterocycles. The van der Waals surface area contributed by atoms with E-state index in [1.165, 1.54) is 83.1 Å². The van der Waals surface area contributed by atoms with E-state index in [1.54, 1.807) is 0 Å². The molecule has 1 aliphatic carbocycles.